The number of imidazole rings is 1. The number of ether oxygens (including phenoxy) is 2. The lowest BCUT2D eigenvalue weighted by Crippen LogP contribution is -2.43. The third-order valence-corrected chi connectivity index (χ3v) is 5.67. The number of Topliss-reactive ketones (excluding diaryl/α,β-unsaturated/α-hetero) is 1. The maximum absolute atomic E-state index is 12.6. The number of benzene rings is 1. The van der Waals surface area contributed by atoms with Gasteiger partial charge < -0.3 is 19.4 Å². The molecular weight excluding hydrogens is 370 g/mol. The van der Waals surface area contributed by atoms with Crippen LogP contribution in [0.5, 0.6) is 11.5 Å². The van der Waals surface area contributed by atoms with Crippen LogP contribution in [0.2, 0.25) is 0 Å². The van der Waals surface area contributed by atoms with Gasteiger partial charge in [-0.05, 0) is 44.2 Å². The summed E-state index contributed by atoms with van der Waals surface area (Å²) in [5.74, 6) is 1.09. The van der Waals surface area contributed by atoms with E-state index in [1.54, 1.807) is 30.7 Å². The van der Waals surface area contributed by atoms with Crippen LogP contribution in [-0.4, -0.2) is 40.0 Å². The van der Waals surface area contributed by atoms with Gasteiger partial charge in [0.2, 0.25) is 0 Å². The van der Waals surface area contributed by atoms with Crippen molar-refractivity contribution >= 4 is 11.7 Å². The Bertz CT molecular complexity index is 857. The fourth-order valence-electron chi connectivity index (χ4n) is 4.15. The molecule has 1 fully saturated rings. The first-order valence-corrected chi connectivity index (χ1v) is 10.4. The normalized spacial score (nSPS) is 17.4. The Balaban J connectivity index is 1.28. The number of nitrogens with zero attached hydrogens (tertiary/aromatic N) is 2. The molecule has 7 heteroatoms. The minimum Gasteiger partial charge on any atom is -0.486 e. The number of aryl methyl sites for hydroxylation is 1. The lowest BCUT2D eigenvalue weighted by molar-refractivity contribution is -0.123. The summed E-state index contributed by atoms with van der Waals surface area (Å²) >= 11 is 0. The average Bonchev–Trinajstić information content (AvgIpc) is 3.23. The van der Waals surface area contributed by atoms with Crippen LogP contribution in [0.4, 0.5) is 0 Å². The molecule has 0 unspecified atom stereocenters. The van der Waals surface area contributed by atoms with E-state index < -0.39 is 0 Å². The molecule has 4 rings (SSSR count). The molecule has 1 aromatic heterocycles. The maximum atomic E-state index is 12.6. The zero-order chi connectivity index (χ0) is 20.1. The van der Waals surface area contributed by atoms with Crippen molar-refractivity contribution in [2.24, 2.45) is 0 Å². The third-order valence-electron chi connectivity index (χ3n) is 5.67. The molecule has 1 N–H and O–H groups in total. The SMILES string of the molecule is O=C(COc1ccc2c(c1)OC1(CCCCC1)CC2=O)NCCCn1ccnc1. The highest BCUT2D eigenvalue weighted by Gasteiger charge is 2.41. The van der Waals surface area contributed by atoms with E-state index in [4.69, 9.17) is 9.47 Å². The van der Waals surface area contributed by atoms with Gasteiger partial charge in [-0.2, -0.15) is 0 Å². The van der Waals surface area contributed by atoms with Gasteiger partial charge in [0, 0.05) is 31.5 Å². The molecular formula is C22H27N3O4. The molecule has 2 aromatic rings. The Hall–Kier alpha value is -2.83. The fraction of sp³-hybridized carbons (Fsp3) is 0.500. The van der Waals surface area contributed by atoms with E-state index in [0.717, 1.165) is 38.6 Å². The molecule has 1 saturated carbocycles. The molecule has 2 heterocycles. The van der Waals surface area contributed by atoms with Crippen molar-refractivity contribution in [2.45, 2.75) is 57.1 Å². The van der Waals surface area contributed by atoms with Crippen molar-refractivity contribution in [3.63, 3.8) is 0 Å². The van der Waals surface area contributed by atoms with Crippen molar-refractivity contribution in [2.75, 3.05) is 13.2 Å². The van der Waals surface area contributed by atoms with Gasteiger partial charge in [0.1, 0.15) is 17.1 Å². The lowest BCUT2D eigenvalue weighted by Gasteiger charge is -2.40. The summed E-state index contributed by atoms with van der Waals surface area (Å²) in [5.41, 5.74) is 0.255. The summed E-state index contributed by atoms with van der Waals surface area (Å²) in [5, 5.41) is 2.85. The Morgan fingerprint density at radius 2 is 2.14 bits per heavy atom. The molecule has 1 aromatic carbocycles. The van der Waals surface area contributed by atoms with Crippen LogP contribution in [0.15, 0.2) is 36.9 Å². The van der Waals surface area contributed by atoms with Crippen molar-refractivity contribution in [3.05, 3.63) is 42.5 Å². The lowest BCUT2D eigenvalue weighted by atomic mass is 9.78. The van der Waals surface area contributed by atoms with E-state index in [1.165, 1.54) is 6.42 Å². The van der Waals surface area contributed by atoms with Crippen LogP contribution in [-0.2, 0) is 11.3 Å². The van der Waals surface area contributed by atoms with Gasteiger partial charge in [0.05, 0.1) is 18.3 Å². The van der Waals surface area contributed by atoms with Crippen LogP contribution >= 0.6 is 0 Å². The first-order valence-electron chi connectivity index (χ1n) is 10.4. The van der Waals surface area contributed by atoms with Gasteiger partial charge in [-0.3, -0.25) is 9.59 Å². The van der Waals surface area contributed by atoms with E-state index in [-0.39, 0.29) is 23.9 Å². The zero-order valence-electron chi connectivity index (χ0n) is 16.6. The molecule has 29 heavy (non-hydrogen) atoms. The monoisotopic (exact) mass is 397 g/mol. The van der Waals surface area contributed by atoms with Gasteiger partial charge in [0.25, 0.3) is 5.91 Å². The Kier molecular flexibility index (Phi) is 5.83. The summed E-state index contributed by atoms with van der Waals surface area (Å²) in [7, 11) is 0. The van der Waals surface area contributed by atoms with Gasteiger partial charge in [-0.1, -0.05) is 6.42 Å². The van der Waals surface area contributed by atoms with Crippen LogP contribution in [0.25, 0.3) is 0 Å². The van der Waals surface area contributed by atoms with Crippen LogP contribution in [0, 0.1) is 0 Å². The van der Waals surface area contributed by atoms with Crippen LogP contribution < -0.4 is 14.8 Å². The summed E-state index contributed by atoms with van der Waals surface area (Å²) in [6, 6.07) is 5.21. The average molecular weight is 397 g/mol. The molecule has 0 radical (unpaired) electrons. The first-order chi connectivity index (χ1) is 14.1. The number of hydrogen-bond acceptors (Lipinski definition) is 5. The Morgan fingerprint density at radius 1 is 1.28 bits per heavy atom. The largest absolute Gasteiger partial charge is 0.486 e. The number of carbonyl (C=O) groups excluding carboxylic acids is 2. The summed E-state index contributed by atoms with van der Waals surface area (Å²) in [6.07, 6.45) is 11.9. The quantitative estimate of drug-likeness (QED) is 0.726. The summed E-state index contributed by atoms with van der Waals surface area (Å²) in [6.45, 7) is 1.31. The molecule has 154 valence electrons. The van der Waals surface area contributed by atoms with Gasteiger partial charge in [-0.25, -0.2) is 4.98 Å². The number of ketones is 1. The van der Waals surface area contributed by atoms with E-state index in [0.29, 0.717) is 30.0 Å². The highest BCUT2D eigenvalue weighted by molar-refractivity contribution is 6.00. The minimum absolute atomic E-state index is 0.0665. The second-order valence-corrected chi connectivity index (χ2v) is 7.90. The molecule has 1 spiro atoms. The van der Waals surface area contributed by atoms with E-state index in [2.05, 4.69) is 10.3 Å². The number of amides is 1. The highest BCUT2D eigenvalue weighted by Crippen LogP contribution is 2.42. The third kappa shape index (κ3) is 4.78. The number of aromatic nitrogens is 2. The standard InChI is InChI=1S/C22H27N3O4/c26-19-14-22(7-2-1-3-8-22)29-20-13-17(5-6-18(19)20)28-15-21(27)24-9-4-11-25-12-10-23-16-25/h5-6,10,12-13,16H,1-4,7-9,11,14-15H2,(H,24,27). The van der Waals surface area contributed by atoms with Gasteiger partial charge in [-0.15, -0.1) is 0 Å². The fourth-order valence-corrected chi connectivity index (χ4v) is 4.15. The smallest absolute Gasteiger partial charge is 0.257 e. The summed E-state index contributed by atoms with van der Waals surface area (Å²) < 4.78 is 13.9. The van der Waals surface area contributed by atoms with Crippen LogP contribution in [0.3, 0.4) is 0 Å². The minimum atomic E-state index is -0.354. The molecule has 0 bridgehead atoms. The Morgan fingerprint density at radius 3 is 2.93 bits per heavy atom. The van der Waals surface area contributed by atoms with Gasteiger partial charge in [0.15, 0.2) is 12.4 Å². The van der Waals surface area contributed by atoms with Crippen molar-refractivity contribution in [1.29, 1.82) is 0 Å². The van der Waals surface area contributed by atoms with Crippen molar-refractivity contribution in [1.82, 2.24) is 14.9 Å². The molecule has 2 aliphatic rings. The maximum Gasteiger partial charge on any atom is 0.257 e. The molecule has 1 aliphatic carbocycles. The van der Waals surface area contributed by atoms with E-state index in [9.17, 15) is 9.59 Å². The van der Waals surface area contributed by atoms with Crippen molar-refractivity contribution in [3.8, 4) is 11.5 Å². The van der Waals surface area contributed by atoms with Crippen molar-refractivity contribution < 1.29 is 19.1 Å². The van der Waals surface area contributed by atoms with E-state index in [1.807, 2.05) is 10.8 Å². The molecule has 1 aliphatic heterocycles. The topological polar surface area (TPSA) is 82.5 Å². The number of rotatable bonds is 7. The van der Waals surface area contributed by atoms with E-state index >= 15 is 0 Å². The van der Waals surface area contributed by atoms with Gasteiger partial charge >= 0.3 is 0 Å². The molecule has 1 amide bonds. The number of hydrogen-bond donors (Lipinski definition) is 1. The highest BCUT2D eigenvalue weighted by atomic mass is 16.5. The Labute approximate surface area is 170 Å². The second kappa shape index (κ2) is 8.68. The second-order valence-electron chi connectivity index (χ2n) is 7.90. The predicted molar refractivity (Wildman–Crippen MR) is 107 cm³/mol. The molecule has 0 atom stereocenters. The first kappa shape index (κ1) is 19.5. The molecule has 7 nitrogen and oxygen atoms in total. The zero-order valence-corrected chi connectivity index (χ0v) is 16.6. The number of nitrogens with one attached hydrogen (secondary N) is 1. The predicted octanol–water partition coefficient (Wildman–Crippen LogP) is 3.14. The van der Waals surface area contributed by atoms with Crippen LogP contribution in [0.1, 0.15) is 55.3 Å². The number of carbonyl (C=O) groups is 2. The number of fused-ring (bicyclic) bond motifs is 1. The molecule has 0 saturated heterocycles. The summed E-state index contributed by atoms with van der Waals surface area (Å²) in [4.78, 5) is 28.6.